The number of ketones is 1. The Hall–Kier alpha value is -2.66. The zero-order chi connectivity index (χ0) is 15.9. The van der Waals surface area contributed by atoms with Crippen molar-refractivity contribution in [3.63, 3.8) is 0 Å². The van der Waals surface area contributed by atoms with Gasteiger partial charge in [0.1, 0.15) is 5.58 Å². The molecule has 0 amide bonds. The monoisotopic (exact) mass is 315 g/mol. The molecule has 2 aromatic carbocycles. The molecule has 0 saturated carbocycles. The molecule has 0 atom stereocenters. The Bertz CT molecular complexity index is 896. The van der Waals surface area contributed by atoms with Gasteiger partial charge in [-0.2, -0.15) is 0 Å². The molecule has 3 aromatic rings. The van der Waals surface area contributed by atoms with Crippen molar-refractivity contribution in [3.05, 3.63) is 74.5 Å². The van der Waals surface area contributed by atoms with E-state index in [0.29, 0.717) is 27.1 Å². The molecule has 0 spiro atoms. The highest BCUT2D eigenvalue weighted by molar-refractivity contribution is 6.30. The van der Waals surface area contributed by atoms with E-state index in [1.165, 1.54) is 18.2 Å². The number of carbonyl (C=O) groups excluding carboxylic acids is 1. The maximum absolute atomic E-state index is 12.5. The van der Waals surface area contributed by atoms with Crippen molar-refractivity contribution < 1.29 is 14.1 Å². The van der Waals surface area contributed by atoms with E-state index in [1.807, 2.05) is 0 Å². The first kappa shape index (κ1) is 14.3. The molecule has 22 heavy (non-hydrogen) atoms. The summed E-state index contributed by atoms with van der Waals surface area (Å²) in [5.41, 5.74) is 1.43. The summed E-state index contributed by atoms with van der Waals surface area (Å²) in [5, 5.41) is 11.9. The zero-order valence-electron chi connectivity index (χ0n) is 11.5. The standard InChI is InChI=1S/C16H10ClNO4/c1-9-13-8-12(18(20)21)6-7-14(13)22-16(9)15(19)10-2-4-11(17)5-3-10/h2-8H,1H3. The minimum absolute atomic E-state index is 0.0399. The zero-order valence-corrected chi connectivity index (χ0v) is 12.3. The van der Waals surface area contributed by atoms with Crippen LogP contribution < -0.4 is 0 Å². The SMILES string of the molecule is Cc1c(C(=O)c2ccc(Cl)cc2)oc2ccc([N+](=O)[O-])cc12. The van der Waals surface area contributed by atoms with Crippen LogP contribution in [-0.2, 0) is 0 Å². The first-order valence-corrected chi connectivity index (χ1v) is 6.83. The molecule has 0 radical (unpaired) electrons. The molecule has 0 saturated heterocycles. The number of hydrogen-bond acceptors (Lipinski definition) is 4. The third-order valence-corrected chi connectivity index (χ3v) is 3.70. The molecule has 0 N–H and O–H groups in total. The molecule has 3 rings (SSSR count). The maximum Gasteiger partial charge on any atom is 0.270 e. The molecule has 0 unspecified atom stereocenters. The third-order valence-electron chi connectivity index (χ3n) is 3.44. The quantitative estimate of drug-likeness (QED) is 0.404. The maximum atomic E-state index is 12.5. The first-order chi connectivity index (χ1) is 10.5. The van der Waals surface area contributed by atoms with Gasteiger partial charge in [0.25, 0.3) is 5.69 Å². The van der Waals surface area contributed by atoms with Crippen molar-refractivity contribution in [1.29, 1.82) is 0 Å². The second-order valence-corrected chi connectivity index (χ2v) is 5.27. The number of furan rings is 1. The third kappa shape index (κ3) is 2.35. The number of rotatable bonds is 3. The van der Waals surface area contributed by atoms with Gasteiger partial charge >= 0.3 is 0 Å². The van der Waals surface area contributed by atoms with Crippen molar-refractivity contribution in [1.82, 2.24) is 0 Å². The predicted molar refractivity (Wildman–Crippen MR) is 82.5 cm³/mol. The number of nitro groups is 1. The lowest BCUT2D eigenvalue weighted by molar-refractivity contribution is -0.384. The number of benzene rings is 2. The topological polar surface area (TPSA) is 73.3 Å². The van der Waals surface area contributed by atoms with Gasteiger partial charge in [-0.1, -0.05) is 11.6 Å². The summed E-state index contributed by atoms with van der Waals surface area (Å²) in [6, 6.07) is 10.7. The van der Waals surface area contributed by atoms with E-state index in [9.17, 15) is 14.9 Å². The van der Waals surface area contributed by atoms with Crippen LogP contribution in [0, 0.1) is 17.0 Å². The molecular formula is C16H10ClNO4. The molecule has 0 aliphatic rings. The van der Waals surface area contributed by atoms with Crippen LogP contribution in [0.25, 0.3) is 11.0 Å². The average molecular weight is 316 g/mol. The van der Waals surface area contributed by atoms with Crippen LogP contribution in [0.2, 0.25) is 5.02 Å². The van der Waals surface area contributed by atoms with Crippen LogP contribution in [0.1, 0.15) is 21.7 Å². The Morgan fingerprint density at radius 1 is 1.18 bits per heavy atom. The summed E-state index contributed by atoms with van der Waals surface area (Å²) in [6.07, 6.45) is 0. The van der Waals surface area contributed by atoms with Crippen molar-refractivity contribution >= 4 is 34.0 Å². The molecule has 0 aliphatic heterocycles. The van der Waals surface area contributed by atoms with Crippen LogP contribution in [0.4, 0.5) is 5.69 Å². The molecule has 0 bridgehead atoms. The van der Waals surface area contributed by atoms with E-state index in [-0.39, 0.29) is 17.2 Å². The van der Waals surface area contributed by atoms with Crippen LogP contribution in [0.3, 0.4) is 0 Å². The smallest absolute Gasteiger partial charge is 0.270 e. The fraction of sp³-hybridized carbons (Fsp3) is 0.0625. The van der Waals surface area contributed by atoms with Crippen LogP contribution >= 0.6 is 11.6 Å². The summed E-state index contributed by atoms with van der Waals surface area (Å²) in [5.74, 6) is -0.106. The fourth-order valence-corrected chi connectivity index (χ4v) is 2.40. The lowest BCUT2D eigenvalue weighted by Crippen LogP contribution is -2.01. The van der Waals surface area contributed by atoms with Gasteiger partial charge < -0.3 is 4.42 Å². The van der Waals surface area contributed by atoms with E-state index < -0.39 is 4.92 Å². The number of hydrogen-bond donors (Lipinski definition) is 0. The van der Waals surface area contributed by atoms with Crippen molar-refractivity contribution in [2.45, 2.75) is 6.92 Å². The highest BCUT2D eigenvalue weighted by Crippen LogP contribution is 2.30. The summed E-state index contributed by atoms with van der Waals surface area (Å²) in [7, 11) is 0. The predicted octanol–water partition coefficient (Wildman–Crippen LogP) is 4.53. The van der Waals surface area contributed by atoms with Gasteiger partial charge in [-0.05, 0) is 37.3 Å². The molecule has 0 fully saturated rings. The Morgan fingerprint density at radius 2 is 1.86 bits per heavy atom. The van der Waals surface area contributed by atoms with E-state index >= 15 is 0 Å². The normalized spacial score (nSPS) is 10.8. The first-order valence-electron chi connectivity index (χ1n) is 6.45. The molecule has 1 heterocycles. The lowest BCUT2D eigenvalue weighted by Gasteiger charge is -1.99. The number of aryl methyl sites for hydroxylation is 1. The van der Waals surface area contributed by atoms with Gasteiger partial charge in [-0.25, -0.2) is 0 Å². The van der Waals surface area contributed by atoms with Gasteiger partial charge in [-0.3, -0.25) is 14.9 Å². The van der Waals surface area contributed by atoms with E-state index in [0.717, 1.165) is 0 Å². The van der Waals surface area contributed by atoms with Gasteiger partial charge in [0.05, 0.1) is 4.92 Å². The van der Waals surface area contributed by atoms with Crippen LogP contribution in [-0.4, -0.2) is 10.7 Å². The number of carbonyl (C=O) groups is 1. The summed E-state index contributed by atoms with van der Waals surface area (Å²) in [4.78, 5) is 22.9. The number of nitro benzene ring substituents is 1. The average Bonchev–Trinajstić information content (AvgIpc) is 2.84. The number of halogens is 1. The Morgan fingerprint density at radius 3 is 2.50 bits per heavy atom. The van der Waals surface area contributed by atoms with Crippen LogP contribution in [0.5, 0.6) is 0 Å². The fourth-order valence-electron chi connectivity index (χ4n) is 2.27. The summed E-state index contributed by atoms with van der Waals surface area (Å²) in [6.45, 7) is 1.71. The molecule has 110 valence electrons. The van der Waals surface area contributed by atoms with Gasteiger partial charge in [0.2, 0.25) is 5.78 Å². The minimum Gasteiger partial charge on any atom is -0.452 e. The highest BCUT2D eigenvalue weighted by atomic mass is 35.5. The van der Waals surface area contributed by atoms with Crippen LogP contribution in [0.15, 0.2) is 46.9 Å². The van der Waals surface area contributed by atoms with Crippen molar-refractivity contribution in [2.75, 3.05) is 0 Å². The molecule has 0 aliphatic carbocycles. The minimum atomic E-state index is -0.480. The van der Waals surface area contributed by atoms with Crippen molar-refractivity contribution in [3.8, 4) is 0 Å². The molecular weight excluding hydrogens is 306 g/mol. The molecule has 6 heteroatoms. The summed E-state index contributed by atoms with van der Waals surface area (Å²) >= 11 is 5.81. The Balaban J connectivity index is 2.11. The lowest BCUT2D eigenvalue weighted by atomic mass is 10.0. The van der Waals surface area contributed by atoms with Gasteiger partial charge in [0.15, 0.2) is 5.76 Å². The number of non-ortho nitro benzene ring substituents is 1. The number of nitrogens with zero attached hydrogens (tertiary/aromatic N) is 1. The summed E-state index contributed by atoms with van der Waals surface area (Å²) < 4.78 is 5.57. The molecule has 5 nitrogen and oxygen atoms in total. The van der Waals surface area contributed by atoms with E-state index in [2.05, 4.69) is 0 Å². The van der Waals surface area contributed by atoms with Gasteiger partial charge in [0, 0.05) is 33.7 Å². The van der Waals surface area contributed by atoms with Gasteiger partial charge in [-0.15, -0.1) is 0 Å². The number of fused-ring (bicyclic) bond motifs is 1. The van der Waals surface area contributed by atoms with E-state index in [1.54, 1.807) is 31.2 Å². The molecule has 1 aromatic heterocycles. The largest absolute Gasteiger partial charge is 0.452 e. The van der Waals surface area contributed by atoms with E-state index in [4.69, 9.17) is 16.0 Å². The second kappa shape index (κ2) is 5.27. The Kier molecular flexibility index (Phi) is 3.42. The highest BCUT2D eigenvalue weighted by Gasteiger charge is 2.20. The van der Waals surface area contributed by atoms with Crippen molar-refractivity contribution in [2.24, 2.45) is 0 Å². The second-order valence-electron chi connectivity index (χ2n) is 4.83. The Labute approximate surface area is 130 Å².